The fourth-order valence-electron chi connectivity index (χ4n) is 3.61. The van der Waals surface area contributed by atoms with Crippen LogP contribution in [0.5, 0.6) is 0 Å². The third-order valence-electron chi connectivity index (χ3n) is 5.29. The molecule has 1 saturated heterocycles. The van der Waals surface area contributed by atoms with Crippen molar-refractivity contribution in [3.8, 4) is 0 Å². The molecule has 0 aliphatic carbocycles. The summed E-state index contributed by atoms with van der Waals surface area (Å²) in [6, 6.07) is 12.1. The number of carbonyl (C=O) groups excluding carboxylic acids is 1. The first-order valence-corrected chi connectivity index (χ1v) is 11.4. The lowest BCUT2D eigenvalue weighted by Gasteiger charge is -2.33. The van der Waals surface area contributed by atoms with Crippen molar-refractivity contribution in [2.45, 2.75) is 18.2 Å². The normalized spacial score (nSPS) is 16.0. The second-order valence-electron chi connectivity index (χ2n) is 7.29. The summed E-state index contributed by atoms with van der Waals surface area (Å²) >= 11 is 0. The van der Waals surface area contributed by atoms with E-state index in [4.69, 9.17) is 0 Å². The second-order valence-corrected chi connectivity index (χ2v) is 9.23. The Labute approximate surface area is 176 Å². The first-order valence-electron chi connectivity index (χ1n) is 10.0. The summed E-state index contributed by atoms with van der Waals surface area (Å²) < 4.78 is 29.4. The van der Waals surface area contributed by atoms with Crippen molar-refractivity contribution in [3.05, 3.63) is 60.6 Å². The molecule has 0 saturated carbocycles. The predicted octanol–water partition coefficient (Wildman–Crippen LogP) is 1.84. The van der Waals surface area contributed by atoms with Crippen molar-refractivity contribution < 1.29 is 13.2 Å². The number of imidazole rings is 1. The fourth-order valence-corrected chi connectivity index (χ4v) is 5.08. The number of amides is 1. The molecular formula is C21H25N5O3S. The summed E-state index contributed by atoms with van der Waals surface area (Å²) in [7, 11) is -3.59. The molecule has 1 aliphatic rings. The molecule has 0 atom stereocenters. The highest BCUT2D eigenvalue weighted by Gasteiger charge is 2.28. The number of aromatic nitrogens is 2. The lowest BCUT2D eigenvalue weighted by atomic mass is 10.3. The Balaban J connectivity index is 1.44. The molecule has 3 aromatic rings. The molecule has 1 aliphatic heterocycles. The van der Waals surface area contributed by atoms with E-state index in [9.17, 15) is 13.2 Å². The van der Waals surface area contributed by atoms with Gasteiger partial charge in [0.2, 0.25) is 15.9 Å². The molecule has 1 N–H and O–H groups in total. The Morgan fingerprint density at radius 3 is 2.63 bits per heavy atom. The van der Waals surface area contributed by atoms with Crippen LogP contribution in [0, 0.1) is 0 Å². The van der Waals surface area contributed by atoms with Gasteiger partial charge >= 0.3 is 0 Å². The van der Waals surface area contributed by atoms with Crippen LogP contribution in [0.25, 0.3) is 5.65 Å². The van der Waals surface area contributed by atoms with E-state index in [2.05, 4.69) is 22.1 Å². The SMILES string of the molecule is CCN1CCN(S(=O)(=O)c2cccc(NC(=O)Cc3cn4ccccc4n3)c2)CC1. The minimum absolute atomic E-state index is 0.109. The zero-order valence-electron chi connectivity index (χ0n) is 16.9. The highest BCUT2D eigenvalue weighted by Crippen LogP contribution is 2.21. The zero-order chi connectivity index (χ0) is 21.1. The van der Waals surface area contributed by atoms with Gasteiger partial charge in [-0.3, -0.25) is 4.79 Å². The number of rotatable bonds is 6. The van der Waals surface area contributed by atoms with Gasteiger partial charge in [-0.25, -0.2) is 13.4 Å². The highest BCUT2D eigenvalue weighted by molar-refractivity contribution is 7.89. The van der Waals surface area contributed by atoms with Crippen LogP contribution in [0.15, 0.2) is 59.8 Å². The van der Waals surface area contributed by atoms with Gasteiger partial charge in [-0.1, -0.05) is 19.1 Å². The molecule has 158 valence electrons. The number of sulfonamides is 1. The molecule has 2 aromatic heterocycles. The van der Waals surface area contributed by atoms with E-state index < -0.39 is 10.0 Å². The predicted molar refractivity (Wildman–Crippen MR) is 115 cm³/mol. The molecule has 30 heavy (non-hydrogen) atoms. The number of piperazine rings is 1. The van der Waals surface area contributed by atoms with Crippen LogP contribution in [0.1, 0.15) is 12.6 Å². The van der Waals surface area contributed by atoms with Gasteiger partial charge in [-0.15, -0.1) is 0 Å². The molecule has 4 rings (SSSR count). The van der Waals surface area contributed by atoms with E-state index >= 15 is 0 Å². The first kappa shape index (κ1) is 20.5. The van der Waals surface area contributed by atoms with Crippen LogP contribution in [-0.2, 0) is 21.2 Å². The van der Waals surface area contributed by atoms with Gasteiger partial charge in [0.15, 0.2) is 0 Å². The maximum absolute atomic E-state index is 13.0. The van der Waals surface area contributed by atoms with Gasteiger partial charge in [-0.05, 0) is 36.9 Å². The van der Waals surface area contributed by atoms with E-state index in [0.29, 0.717) is 24.5 Å². The van der Waals surface area contributed by atoms with Gasteiger partial charge in [0.05, 0.1) is 17.0 Å². The van der Waals surface area contributed by atoms with Crippen molar-refractivity contribution in [1.82, 2.24) is 18.6 Å². The second kappa shape index (κ2) is 8.55. The van der Waals surface area contributed by atoms with Crippen LogP contribution >= 0.6 is 0 Å². The van der Waals surface area contributed by atoms with Crippen LogP contribution in [0.4, 0.5) is 5.69 Å². The summed E-state index contributed by atoms with van der Waals surface area (Å²) in [5.74, 6) is -0.246. The van der Waals surface area contributed by atoms with E-state index in [-0.39, 0.29) is 17.2 Å². The zero-order valence-corrected chi connectivity index (χ0v) is 17.7. The number of anilines is 1. The maximum atomic E-state index is 13.0. The number of nitrogens with one attached hydrogen (secondary N) is 1. The van der Waals surface area contributed by atoms with E-state index in [1.165, 1.54) is 10.4 Å². The molecule has 3 heterocycles. The Hall–Kier alpha value is -2.75. The number of carbonyl (C=O) groups is 1. The molecule has 0 bridgehead atoms. The van der Waals surface area contributed by atoms with Crippen LogP contribution in [0.2, 0.25) is 0 Å². The summed E-state index contributed by atoms with van der Waals surface area (Å²) in [4.78, 5) is 19.3. The maximum Gasteiger partial charge on any atom is 0.243 e. The Bertz CT molecular complexity index is 1120. The van der Waals surface area contributed by atoms with Crippen LogP contribution < -0.4 is 5.32 Å². The molecule has 9 heteroatoms. The lowest BCUT2D eigenvalue weighted by Crippen LogP contribution is -2.48. The van der Waals surface area contributed by atoms with E-state index in [1.54, 1.807) is 18.2 Å². The number of hydrogen-bond donors (Lipinski definition) is 1. The Morgan fingerprint density at radius 1 is 1.10 bits per heavy atom. The number of fused-ring (bicyclic) bond motifs is 1. The van der Waals surface area contributed by atoms with Gasteiger partial charge < -0.3 is 14.6 Å². The minimum atomic E-state index is -3.59. The smallest absolute Gasteiger partial charge is 0.243 e. The van der Waals surface area contributed by atoms with Gasteiger partial charge in [0.25, 0.3) is 0 Å². The molecule has 1 fully saturated rings. The number of pyridine rings is 1. The van der Waals surface area contributed by atoms with Crippen molar-refractivity contribution in [1.29, 1.82) is 0 Å². The first-order chi connectivity index (χ1) is 14.5. The Morgan fingerprint density at radius 2 is 1.90 bits per heavy atom. The topological polar surface area (TPSA) is 87.0 Å². The molecule has 8 nitrogen and oxygen atoms in total. The van der Waals surface area contributed by atoms with Crippen molar-refractivity contribution in [2.24, 2.45) is 0 Å². The molecule has 0 radical (unpaired) electrons. The molecule has 0 spiro atoms. The van der Waals surface area contributed by atoms with Gasteiger partial charge in [-0.2, -0.15) is 4.31 Å². The van der Waals surface area contributed by atoms with Crippen molar-refractivity contribution in [3.63, 3.8) is 0 Å². The molecule has 1 amide bonds. The number of hydrogen-bond acceptors (Lipinski definition) is 5. The van der Waals surface area contributed by atoms with Crippen molar-refractivity contribution >= 4 is 27.3 Å². The van der Waals surface area contributed by atoms with Crippen LogP contribution in [0.3, 0.4) is 0 Å². The summed E-state index contributed by atoms with van der Waals surface area (Å²) in [6.07, 6.45) is 3.79. The highest BCUT2D eigenvalue weighted by atomic mass is 32.2. The third kappa shape index (κ3) is 4.38. The van der Waals surface area contributed by atoms with E-state index in [1.807, 2.05) is 35.0 Å². The average molecular weight is 428 g/mol. The minimum Gasteiger partial charge on any atom is -0.326 e. The molecular weight excluding hydrogens is 402 g/mol. The molecule has 1 aromatic carbocycles. The number of benzene rings is 1. The standard InChI is InChI=1S/C21H25N5O3S/c1-2-24-10-12-26(13-11-24)30(28,29)19-7-5-6-17(14-19)23-21(27)15-18-16-25-9-4-3-8-20(25)22-18/h3-9,14,16H,2,10-13,15H2,1H3,(H,23,27). The third-order valence-corrected chi connectivity index (χ3v) is 7.18. The van der Waals surface area contributed by atoms with Gasteiger partial charge in [0.1, 0.15) is 5.65 Å². The summed E-state index contributed by atoms with van der Waals surface area (Å²) in [5.41, 5.74) is 1.88. The monoisotopic (exact) mass is 427 g/mol. The number of likely N-dealkylation sites (N-methyl/N-ethyl adjacent to an activating group) is 1. The largest absolute Gasteiger partial charge is 0.326 e. The average Bonchev–Trinajstić information content (AvgIpc) is 3.16. The van der Waals surface area contributed by atoms with Gasteiger partial charge in [0, 0.05) is 44.3 Å². The van der Waals surface area contributed by atoms with Crippen LogP contribution in [-0.4, -0.2) is 65.6 Å². The number of nitrogens with zero attached hydrogens (tertiary/aromatic N) is 4. The summed E-state index contributed by atoms with van der Waals surface area (Å²) in [6.45, 7) is 5.39. The quantitative estimate of drug-likeness (QED) is 0.649. The Kier molecular flexibility index (Phi) is 5.85. The van der Waals surface area contributed by atoms with E-state index in [0.717, 1.165) is 25.3 Å². The lowest BCUT2D eigenvalue weighted by molar-refractivity contribution is -0.115. The van der Waals surface area contributed by atoms with Crippen molar-refractivity contribution in [2.75, 3.05) is 38.0 Å². The summed E-state index contributed by atoms with van der Waals surface area (Å²) in [5, 5.41) is 2.79. The fraction of sp³-hybridized carbons (Fsp3) is 0.333. The molecule has 0 unspecified atom stereocenters.